The van der Waals surface area contributed by atoms with Crippen LogP contribution >= 0.6 is 0 Å². The number of ether oxygens (including phenoxy) is 1. The number of carbonyl (C=O) groups excluding carboxylic acids is 1. The monoisotopic (exact) mass is 497 g/mol. The average Bonchev–Trinajstić information content (AvgIpc) is 3.21. The van der Waals surface area contributed by atoms with Gasteiger partial charge in [-0.15, -0.1) is 0 Å². The molecule has 0 spiro atoms. The summed E-state index contributed by atoms with van der Waals surface area (Å²) in [6.07, 6.45) is 2.68. The number of carbonyl (C=O) groups is 2. The average molecular weight is 498 g/mol. The molecule has 9 nitrogen and oxygen atoms in total. The molecule has 3 heterocycles. The molecular weight excluding hydrogens is 469 g/mol. The molecular formula is C26H28FN3O6. The van der Waals surface area contributed by atoms with E-state index in [0.717, 1.165) is 59.0 Å². The van der Waals surface area contributed by atoms with E-state index in [-0.39, 0.29) is 18.0 Å². The van der Waals surface area contributed by atoms with Crippen LogP contribution in [-0.2, 0) is 41.9 Å². The summed E-state index contributed by atoms with van der Waals surface area (Å²) >= 11 is 0. The van der Waals surface area contributed by atoms with Crippen LogP contribution in [0.2, 0.25) is 0 Å². The van der Waals surface area contributed by atoms with Gasteiger partial charge in [-0.25, -0.2) is 14.2 Å². The topological polar surface area (TPSA) is 145 Å². The van der Waals surface area contributed by atoms with Gasteiger partial charge in [-0.1, -0.05) is 13.3 Å². The lowest BCUT2D eigenvalue weighted by atomic mass is 9.85. The molecule has 2 aliphatic rings. The van der Waals surface area contributed by atoms with Crippen LogP contribution in [0, 0.1) is 12.7 Å². The second-order valence-corrected chi connectivity index (χ2v) is 8.98. The summed E-state index contributed by atoms with van der Waals surface area (Å²) in [5.41, 5.74) is 11.3. The van der Waals surface area contributed by atoms with E-state index in [1.807, 2.05) is 19.9 Å². The second-order valence-electron chi connectivity index (χ2n) is 8.98. The van der Waals surface area contributed by atoms with Crippen molar-refractivity contribution >= 4 is 23.0 Å². The number of rotatable bonds is 5. The standard InChI is InChI=1S/C24H23FN2O4.C2H5NO2/c1-3-5-13-8-20-22-16(10-27(20)23(28)17(13)11-31-24(29)30)15-7-4-6-14-12(2)18(25)9-19(26-22)21(14)15;3-2(5)1-4/h8-9H,3-7,10-11H2,1-2H3,(H,29,30);4H,1H2,(H2,3,5). The summed E-state index contributed by atoms with van der Waals surface area (Å²) in [6, 6.07) is 3.43. The summed E-state index contributed by atoms with van der Waals surface area (Å²) < 4.78 is 21.0. The number of aryl methyl sites for hydroxylation is 3. The quantitative estimate of drug-likeness (QED) is 0.360. The van der Waals surface area contributed by atoms with E-state index in [1.54, 1.807) is 4.57 Å². The number of nitrogens with two attached hydrogens (primary N) is 1. The number of aromatic nitrogens is 2. The molecule has 1 aliphatic carbocycles. The number of hydrogen-bond donors (Lipinski definition) is 3. The number of benzene rings is 1. The Morgan fingerprint density at radius 1 is 1.22 bits per heavy atom. The Kier molecular flexibility index (Phi) is 7.07. The van der Waals surface area contributed by atoms with Crippen LogP contribution < -0.4 is 11.3 Å². The van der Waals surface area contributed by atoms with Gasteiger partial charge in [0.15, 0.2) is 0 Å². The SMILES string of the molecule is CCCc1cc2n(c(=O)c1COC(=O)O)Cc1c-2nc2cc(F)c(C)c3c2c1CCC3.NC(=O)CO. The van der Waals surface area contributed by atoms with E-state index in [1.165, 1.54) is 6.07 Å². The Morgan fingerprint density at radius 3 is 2.56 bits per heavy atom. The van der Waals surface area contributed by atoms with Gasteiger partial charge < -0.3 is 25.3 Å². The van der Waals surface area contributed by atoms with Gasteiger partial charge in [-0.05, 0) is 60.9 Å². The van der Waals surface area contributed by atoms with Crippen LogP contribution in [0.1, 0.15) is 53.1 Å². The first-order chi connectivity index (χ1) is 17.2. The van der Waals surface area contributed by atoms with Gasteiger partial charge >= 0.3 is 6.16 Å². The van der Waals surface area contributed by atoms with Gasteiger partial charge in [-0.3, -0.25) is 9.59 Å². The number of aliphatic hydroxyl groups excluding tert-OH is 1. The number of fused-ring (bicyclic) bond motifs is 4. The molecule has 0 saturated heterocycles. The molecule has 0 fully saturated rings. The van der Waals surface area contributed by atoms with E-state index in [2.05, 4.69) is 5.73 Å². The highest BCUT2D eigenvalue weighted by molar-refractivity contribution is 5.92. The first-order valence-electron chi connectivity index (χ1n) is 11.8. The van der Waals surface area contributed by atoms with E-state index < -0.39 is 18.7 Å². The number of halogens is 1. The molecule has 190 valence electrons. The molecule has 0 radical (unpaired) electrons. The van der Waals surface area contributed by atoms with Crippen LogP contribution in [0.5, 0.6) is 0 Å². The summed E-state index contributed by atoms with van der Waals surface area (Å²) in [5.74, 6) is -0.934. The molecule has 0 bridgehead atoms. The molecule has 10 heteroatoms. The van der Waals surface area contributed by atoms with E-state index in [9.17, 15) is 18.8 Å². The van der Waals surface area contributed by atoms with Crippen LogP contribution in [-0.4, -0.2) is 38.4 Å². The first-order valence-corrected chi connectivity index (χ1v) is 11.8. The summed E-state index contributed by atoms with van der Waals surface area (Å²) in [7, 11) is 0. The minimum atomic E-state index is -1.40. The first kappa shape index (κ1) is 25.3. The number of amides is 1. The third kappa shape index (κ3) is 4.44. The third-order valence-electron chi connectivity index (χ3n) is 6.74. The molecule has 1 amide bonds. The van der Waals surface area contributed by atoms with Crippen LogP contribution in [0.25, 0.3) is 22.3 Å². The van der Waals surface area contributed by atoms with Crippen molar-refractivity contribution in [3.63, 3.8) is 0 Å². The predicted molar refractivity (Wildman–Crippen MR) is 130 cm³/mol. The zero-order valence-corrected chi connectivity index (χ0v) is 20.2. The van der Waals surface area contributed by atoms with E-state index in [4.69, 9.17) is 19.9 Å². The van der Waals surface area contributed by atoms with E-state index in [0.29, 0.717) is 35.3 Å². The van der Waals surface area contributed by atoms with Gasteiger partial charge in [-0.2, -0.15) is 0 Å². The number of primary amides is 1. The fraction of sp³-hybridized carbons (Fsp3) is 0.385. The highest BCUT2D eigenvalue weighted by Gasteiger charge is 2.30. The largest absolute Gasteiger partial charge is 0.506 e. The van der Waals surface area contributed by atoms with Crippen molar-refractivity contribution < 1.29 is 28.9 Å². The molecule has 0 atom stereocenters. The lowest BCUT2D eigenvalue weighted by Crippen LogP contribution is -2.26. The fourth-order valence-electron chi connectivity index (χ4n) is 5.14. The van der Waals surface area contributed by atoms with Crippen molar-refractivity contribution in [2.45, 2.75) is 59.1 Å². The summed E-state index contributed by atoms with van der Waals surface area (Å²) in [5, 5.41) is 17.6. The molecule has 36 heavy (non-hydrogen) atoms. The number of hydrogen-bond acceptors (Lipinski definition) is 6. The number of pyridine rings is 2. The molecule has 3 aromatic rings. The zero-order chi connectivity index (χ0) is 26.1. The van der Waals surface area contributed by atoms with Gasteiger partial charge in [0, 0.05) is 17.0 Å². The second kappa shape index (κ2) is 10.1. The molecule has 2 aromatic heterocycles. The van der Waals surface area contributed by atoms with Gasteiger partial charge in [0.25, 0.3) is 5.56 Å². The third-order valence-corrected chi connectivity index (χ3v) is 6.74. The van der Waals surface area contributed by atoms with Crippen molar-refractivity contribution in [3.05, 3.63) is 61.7 Å². The highest BCUT2D eigenvalue weighted by Crippen LogP contribution is 2.41. The van der Waals surface area contributed by atoms with Crippen molar-refractivity contribution in [2.75, 3.05) is 6.61 Å². The molecule has 0 saturated carbocycles. The van der Waals surface area contributed by atoms with E-state index >= 15 is 0 Å². The Bertz CT molecular complexity index is 1450. The molecule has 4 N–H and O–H groups in total. The lowest BCUT2D eigenvalue weighted by molar-refractivity contribution is -0.120. The summed E-state index contributed by atoms with van der Waals surface area (Å²) in [6.45, 7) is 3.39. The Hall–Kier alpha value is -3.79. The fourth-order valence-corrected chi connectivity index (χ4v) is 5.14. The molecule has 5 rings (SSSR count). The van der Waals surface area contributed by atoms with Crippen LogP contribution in [0.4, 0.5) is 9.18 Å². The van der Waals surface area contributed by atoms with Crippen molar-refractivity contribution in [1.29, 1.82) is 0 Å². The van der Waals surface area contributed by atoms with Crippen molar-refractivity contribution in [3.8, 4) is 11.4 Å². The maximum atomic E-state index is 14.6. The van der Waals surface area contributed by atoms with Crippen LogP contribution in [0.15, 0.2) is 16.9 Å². The molecule has 1 aliphatic heterocycles. The Labute approximate surface area is 206 Å². The molecule has 0 unspecified atom stereocenters. The zero-order valence-electron chi connectivity index (χ0n) is 20.2. The maximum Gasteiger partial charge on any atom is 0.506 e. The molecule has 1 aromatic carbocycles. The Morgan fingerprint density at radius 2 is 1.92 bits per heavy atom. The van der Waals surface area contributed by atoms with Crippen molar-refractivity contribution in [2.24, 2.45) is 5.73 Å². The smallest absolute Gasteiger partial charge is 0.450 e. The maximum absolute atomic E-state index is 14.6. The Balaban J connectivity index is 0.000000556. The number of carboxylic acid groups (broad SMARTS) is 1. The predicted octanol–water partition coefficient (Wildman–Crippen LogP) is 2.97. The van der Waals surface area contributed by atoms with Crippen molar-refractivity contribution in [1.82, 2.24) is 9.55 Å². The number of nitrogens with zero attached hydrogens (tertiary/aromatic N) is 2. The minimum Gasteiger partial charge on any atom is -0.450 e. The lowest BCUT2D eigenvalue weighted by Gasteiger charge is -2.21. The van der Waals surface area contributed by atoms with Crippen LogP contribution in [0.3, 0.4) is 0 Å². The number of aliphatic hydroxyl groups is 1. The van der Waals surface area contributed by atoms with Gasteiger partial charge in [0.05, 0.1) is 29.0 Å². The van der Waals surface area contributed by atoms with Gasteiger partial charge in [0.2, 0.25) is 5.91 Å². The highest BCUT2D eigenvalue weighted by atomic mass is 19.1. The van der Waals surface area contributed by atoms with Gasteiger partial charge in [0.1, 0.15) is 19.0 Å². The summed E-state index contributed by atoms with van der Waals surface area (Å²) in [4.78, 5) is 38.4. The normalized spacial score (nSPS) is 13.0. The minimum absolute atomic E-state index is 0.241.